The van der Waals surface area contributed by atoms with E-state index in [4.69, 9.17) is 9.47 Å². The van der Waals surface area contributed by atoms with E-state index >= 15 is 0 Å². The first-order valence-corrected chi connectivity index (χ1v) is 10.2. The zero-order chi connectivity index (χ0) is 19.7. The number of hydrogen-bond acceptors (Lipinski definition) is 7. The van der Waals surface area contributed by atoms with Crippen LogP contribution in [-0.4, -0.2) is 39.4 Å². The molecule has 1 N–H and O–H groups in total. The smallest absolute Gasteiger partial charge is 0.338 e. The molecule has 1 saturated carbocycles. The quantitative estimate of drug-likeness (QED) is 0.715. The Morgan fingerprint density at radius 2 is 2.07 bits per heavy atom. The summed E-state index contributed by atoms with van der Waals surface area (Å²) in [5.74, 6) is 0.875. The van der Waals surface area contributed by atoms with Gasteiger partial charge in [-0.1, -0.05) is 17.6 Å². The number of halogens is 1. The first kappa shape index (κ1) is 18.9. The average Bonchev–Trinajstić information content (AvgIpc) is 3.15. The van der Waals surface area contributed by atoms with E-state index in [2.05, 4.69) is 36.8 Å². The minimum absolute atomic E-state index is 0.0277. The largest absolute Gasteiger partial charge is 0.496 e. The van der Waals surface area contributed by atoms with E-state index in [0.29, 0.717) is 23.0 Å². The number of fused-ring (bicyclic) bond motifs is 1. The molecule has 1 fully saturated rings. The number of hydrogen-bond donors (Lipinski definition) is 1. The maximum atomic E-state index is 13.2. The number of esters is 1. The third-order valence-corrected chi connectivity index (χ3v) is 5.87. The number of ether oxygens (including phenoxy) is 2. The van der Waals surface area contributed by atoms with Crippen LogP contribution in [0.15, 0.2) is 33.9 Å². The second-order valence-corrected chi connectivity index (χ2v) is 7.93. The molecule has 0 spiro atoms. The third kappa shape index (κ3) is 3.50. The van der Waals surface area contributed by atoms with Gasteiger partial charge >= 0.3 is 5.97 Å². The molecule has 2 heterocycles. The van der Waals surface area contributed by atoms with E-state index in [1.807, 2.05) is 25.1 Å². The highest BCUT2D eigenvalue weighted by Gasteiger charge is 2.36. The lowest BCUT2D eigenvalue weighted by atomic mass is 9.95. The van der Waals surface area contributed by atoms with Crippen molar-refractivity contribution in [2.45, 2.75) is 51.2 Å². The maximum absolute atomic E-state index is 13.2. The molecule has 0 amide bonds. The van der Waals surface area contributed by atoms with Crippen LogP contribution in [0, 0.1) is 0 Å². The number of methoxy groups -OCH3 is 1. The minimum atomic E-state index is -0.482. The summed E-state index contributed by atoms with van der Waals surface area (Å²) in [6.07, 6.45) is 5.20. The Kier molecular flexibility index (Phi) is 5.34. The van der Waals surface area contributed by atoms with E-state index in [1.54, 1.807) is 11.8 Å². The van der Waals surface area contributed by atoms with Crippen LogP contribution in [0.25, 0.3) is 0 Å². The van der Waals surface area contributed by atoms with Crippen molar-refractivity contribution in [3.05, 3.63) is 39.5 Å². The summed E-state index contributed by atoms with van der Waals surface area (Å²) in [5.41, 5.74) is 2.07. The Bertz CT molecular complexity index is 920. The molecule has 2 aromatic rings. The molecular formula is C19H22BrN5O3. The number of nitrogens with one attached hydrogen (secondary N) is 1. The summed E-state index contributed by atoms with van der Waals surface area (Å²) in [7, 11) is 1.61. The minimum Gasteiger partial charge on any atom is -0.496 e. The number of benzene rings is 1. The van der Waals surface area contributed by atoms with Gasteiger partial charge in [-0.3, -0.25) is 0 Å². The first-order valence-electron chi connectivity index (χ1n) is 9.38. The molecule has 28 heavy (non-hydrogen) atoms. The number of aromatic nitrogens is 4. The van der Waals surface area contributed by atoms with Gasteiger partial charge in [0.1, 0.15) is 17.9 Å². The van der Waals surface area contributed by atoms with E-state index in [0.717, 1.165) is 35.7 Å². The van der Waals surface area contributed by atoms with Gasteiger partial charge in [-0.15, -0.1) is 0 Å². The molecule has 1 atom stereocenters. The van der Waals surface area contributed by atoms with Crippen LogP contribution in [-0.2, 0) is 9.53 Å². The molecule has 0 radical (unpaired) electrons. The van der Waals surface area contributed by atoms with Gasteiger partial charge in [0.25, 0.3) is 0 Å². The molecule has 1 aliphatic heterocycles. The number of rotatable bonds is 4. The first-order chi connectivity index (χ1) is 13.6. The zero-order valence-corrected chi connectivity index (χ0v) is 17.4. The molecular weight excluding hydrogens is 426 g/mol. The number of nitrogens with zero attached hydrogens (tertiary/aromatic N) is 4. The van der Waals surface area contributed by atoms with Crippen LogP contribution in [0.4, 0.5) is 5.95 Å². The summed E-state index contributed by atoms with van der Waals surface area (Å²) < 4.78 is 13.6. The van der Waals surface area contributed by atoms with E-state index in [-0.39, 0.29) is 12.1 Å². The van der Waals surface area contributed by atoms with Gasteiger partial charge in [-0.2, -0.15) is 4.68 Å². The second-order valence-electron chi connectivity index (χ2n) is 7.07. The highest BCUT2D eigenvalue weighted by atomic mass is 79.9. The predicted molar refractivity (Wildman–Crippen MR) is 106 cm³/mol. The molecule has 8 nitrogen and oxygen atoms in total. The van der Waals surface area contributed by atoms with Crippen LogP contribution in [0.3, 0.4) is 0 Å². The number of carbonyl (C=O) groups excluding carboxylic acids is 1. The van der Waals surface area contributed by atoms with Gasteiger partial charge in [0.15, 0.2) is 0 Å². The molecule has 1 aromatic carbocycles. The predicted octanol–water partition coefficient (Wildman–Crippen LogP) is 3.61. The normalized spacial score (nSPS) is 19.8. The van der Waals surface area contributed by atoms with Crippen molar-refractivity contribution in [3.8, 4) is 5.75 Å². The summed E-state index contributed by atoms with van der Waals surface area (Å²) in [4.78, 5) is 13.2. The molecule has 0 unspecified atom stereocenters. The molecule has 1 aromatic heterocycles. The summed E-state index contributed by atoms with van der Waals surface area (Å²) in [6.45, 7) is 1.85. The highest BCUT2D eigenvalue weighted by Crippen LogP contribution is 2.38. The molecule has 0 bridgehead atoms. The molecule has 9 heteroatoms. The van der Waals surface area contributed by atoms with Gasteiger partial charge < -0.3 is 14.8 Å². The summed E-state index contributed by atoms with van der Waals surface area (Å²) in [6, 6.07) is 5.20. The van der Waals surface area contributed by atoms with E-state index in [1.165, 1.54) is 6.42 Å². The van der Waals surface area contributed by atoms with Crippen molar-refractivity contribution in [1.82, 2.24) is 20.2 Å². The second kappa shape index (κ2) is 7.90. The number of tetrazole rings is 1. The van der Waals surface area contributed by atoms with Gasteiger partial charge in [0.05, 0.1) is 17.2 Å². The molecule has 148 valence electrons. The lowest BCUT2D eigenvalue weighted by Gasteiger charge is -2.29. The standard InChI is InChI=1S/C19H22BrN5O3/c1-11-16(18(26)28-13-6-4-3-5-7-13)17(25-19(21-11)22-23-24-25)12-8-9-15(27-2)14(20)10-12/h8-10,13,17H,3-7H2,1-2H3,(H,21,22,24)/t17-/m0/s1. The zero-order valence-electron chi connectivity index (χ0n) is 15.8. The topological polar surface area (TPSA) is 91.2 Å². The fourth-order valence-electron chi connectivity index (χ4n) is 3.84. The Hall–Kier alpha value is -2.42. The molecule has 1 aliphatic carbocycles. The van der Waals surface area contributed by atoms with Crippen LogP contribution in [0.1, 0.15) is 50.6 Å². The summed E-state index contributed by atoms with van der Waals surface area (Å²) in [5, 5.41) is 15.0. The van der Waals surface area contributed by atoms with Crippen molar-refractivity contribution < 1.29 is 14.3 Å². The maximum Gasteiger partial charge on any atom is 0.338 e. The van der Waals surface area contributed by atoms with Crippen LogP contribution >= 0.6 is 15.9 Å². The number of allylic oxidation sites excluding steroid dienone is 1. The Morgan fingerprint density at radius 1 is 1.29 bits per heavy atom. The Labute approximate surface area is 171 Å². The lowest BCUT2D eigenvalue weighted by Crippen LogP contribution is -2.32. The van der Waals surface area contributed by atoms with Crippen molar-refractivity contribution in [2.75, 3.05) is 12.4 Å². The van der Waals surface area contributed by atoms with Gasteiger partial charge in [-0.05, 0) is 76.7 Å². The third-order valence-electron chi connectivity index (χ3n) is 5.25. The van der Waals surface area contributed by atoms with Gasteiger partial charge in [0.2, 0.25) is 5.95 Å². The fourth-order valence-corrected chi connectivity index (χ4v) is 4.39. The van der Waals surface area contributed by atoms with E-state index in [9.17, 15) is 4.79 Å². The fraction of sp³-hybridized carbons (Fsp3) is 0.474. The molecule has 2 aliphatic rings. The highest BCUT2D eigenvalue weighted by molar-refractivity contribution is 9.10. The lowest BCUT2D eigenvalue weighted by molar-refractivity contribution is -0.146. The van der Waals surface area contributed by atoms with Crippen molar-refractivity contribution in [3.63, 3.8) is 0 Å². The van der Waals surface area contributed by atoms with Crippen molar-refractivity contribution >= 4 is 27.8 Å². The molecule has 4 rings (SSSR count). The number of anilines is 1. The van der Waals surface area contributed by atoms with Crippen molar-refractivity contribution in [1.29, 1.82) is 0 Å². The number of carbonyl (C=O) groups is 1. The van der Waals surface area contributed by atoms with Crippen LogP contribution < -0.4 is 10.1 Å². The Morgan fingerprint density at radius 3 is 2.79 bits per heavy atom. The summed E-state index contributed by atoms with van der Waals surface area (Å²) >= 11 is 3.52. The van der Waals surface area contributed by atoms with Gasteiger partial charge in [0, 0.05) is 5.70 Å². The monoisotopic (exact) mass is 447 g/mol. The average molecular weight is 448 g/mol. The van der Waals surface area contributed by atoms with Crippen LogP contribution in [0.5, 0.6) is 5.75 Å². The van der Waals surface area contributed by atoms with Crippen molar-refractivity contribution in [2.24, 2.45) is 0 Å². The van der Waals surface area contributed by atoms with Crippen LogP contribution in [0.2, 0.25) is 0 Å². The Balaban J connectivity index is 1.72. The van der Waals surface area contributed by atoms with E-state index < -0.39 is 6.04 Å². The SMILES string of the molecule is COc1ccc([C@H]2C(C(=O)OC3CCCCC3)=C(C)Nc3nnnn32)cc1Br. The van der Waals surface area contributed by atoms with Gasteiger partial charge in [-0.25, -0.2) is 4.79 Å². The molecule has 0 saturated heterocycles.